The Morgan fingerprint density at radius 3 is 2.68 bits per heavy atom. The average Bonchev–Trinajstić information content (AvgIpc) is 3.15. The van der Waals surface area contributed by atoms with Gasteiger partial charge in [0.2, 0.25) is 0 Å². The third-order valence-electron chi connectivity index (χ3n) is 3.64. The normalized spacial score (nSPS) is 11.1. The molecule has 6 nitrogen and oxygen atoms in total. The minimum absolute atomic E-state index is 0.153. The van der Waals surface area contributed by atoms with Crippen LogP contribution >= 0.6 is 0 Å². The van der Waals surface area contributed by atoms with Crippen LogP contribution in [0.25, 0.3) is 28.2 Å². The summed E-state index contributed by atoms with van der Waals surface area (Å²) in [7, 11) is 0. The van der Waals surface area contributed by atoms with Gasteiger partial charge in [-0.15, -0.1) is 0 Å². The molecule has 6 heteroatoms. The largest absolute Gasteiger partial charge is 0.293 e. The Labute approximate surface area is 125 Å². The second-order valence-corrected chi connectivity index (χ2v) is 5.09. The lowest BCUT2D eigenvalue weighted by atomic mass is 10.1. The summed E-state index contributed by atoms with van der Waals surface area (Å²) < 4.78 is 1.47. The van der Waals surface area contributed by atoms with Gasteiger partial charge in [-0.2, -0.15) is 5.10 Å². The van der Waals surface area contributed by atoms with Crippen molar-refractivity contribution in [2.24, 2.45) is 0 Å². The number of hydrogen-bond donors (Lipinski definition) is 2. The van der Waals surface area contributed by atoms with Gasteiger partial charge in [0, 0.05) is 23.5 Å². The average molecular weight is 291 g/mol. The molecule has 0 unspecified atom stereocenters. The summed E-state index contributed by atoms with van der Waals surface area (Å²) in [4.78, 5) is 17.0. The van der Waals surface area contributed by atoms with Crippen LogP contribution in [0.4, 0.5) is 0 Å². The van der Waals surface area contributed by atoms with E-state index >= 15 is 0 Å². The van der Waals surface area contributed by atoms with Gasteiger partial charge in [0.25, 0.3) is 5.56 Å². The highest BCUT2D eigenvalue weighted by atomic mass is 16.1. The molecule has 4 rings (SSSR count). The Hall–Kier alpha value is -3.15. The van der Waals surface area contributed by atoms with Crippen LogP contribution in [0.15, 0.2) is 53.5 Å². The Kier molecular flexibility index (Phi) is 2.69. The van der Waals surface area contributed by atoms with Crippen LogP contribution in [-0.4, -0.2) is 24.8 Å². The molecule has 108 valence electrons. The van der Waals surface area contributed by atoms with Crippen LogP contribution in [0.2, 0.25) is 0 Å². The van der Waals surface area contributed by atoms with Gasteiger partial charge in [0.15, 0.2) is 5.65 Å². The van der Waals surface area contributed by atoms with Crippen molar-refractivity contribution < 1.29 is 0 Å². The van der Waals surface area contributed by atoms with E-state index in [4.69, 9.17) is 0 Å². The lowest BCUT2D eigenvalue weighted by Crippen LogP contribution is -2.14. The number of aromatic amines is 2. The van der Waals surface area contributed by atoms with Crippen molar-refractivity contribution in [2.75, 3.05) is 0 Å². The number of H-pyrrole nitrogens is 2. The zero-order valence-corrected chi connectivity index (χ0v) is 11.9. The van der Waals surface area contributed by atoms with Crippen molar-refractivity contribution in [3.8, 4) is 22.5 Å². The molecule has 0 saturated carbocycles. The minimum Gasteiger partial charge on any atom is -0.293 e. The summed E-state index contributed by atoms with van der Waals surface area (Å²) in [6.07, 6.45) is 1.64. The zero-order chi connectivity index (χ0) is 15.1. The van der Waals surface area contributed by atoms with Gasteiger partial charge in [0.1, 0.15) is 0 Å². The first-order valence-corrected chi connectivity index (χ1v) is 6.91. The molecule has 4 aromatic rings. The fourth-order valence-corrected chi connectivity index (χ4v) is 2.64. The number of hydrogen-bond acceptors (Lipinski definition) is 3. The molecule has 22 heavy (non-hydrogen) atoms. The van der Waals surface area contributed by atoms with Gasteiger partial charge in [-0.25, -0.2) is 9.50 Å². The van der Waals surface area contributed by atoms with Gasteiger partial charge in [0.05, 0.1) is 11.4 Å². The van der Waals surface area contributed by atoms with E-state index in [9.17, 15) is 4.79 Å². The fourth-order valence-electron chi connectivity index (χ4n) is 2.64. The maximum Gasteiger partial charge on any atom is 0.273 e. The number of nitrogens with one attached hydrogen (secondary N) is 2. The highest BCUT2D eigenvalue weighted by Gasteiger charge is 2.15. The molecule has 0 spiro atoms. The molecule has 0 bridgehead atoms. The first-order valence-electron chi connectivity index (χ1n) is 6.91. The predicted octanol–water partition coefficient (Wildman–Crippen LogP) is 2.39. The lowest BCUT2D eigenvalue weighted by molar-refractivity contribution is 0.881. The standard InChI is InChI=1S/C16H13N5O/c1-10-15(11-5-3-2-4-6-11)16-18-13(12-7-8-17-19-12)9-14(22)21(16)20-10/h2-9,20H,1H3,(H,17,19). The van der Waals surface area contributed by atoms with E-state index in [0.717, 1.165) is 22.5 Å². The van der Waals surface area contributed by atoms with E-state index in [1.807, 2.05) is 37.3 Å². The fraction of sp³-hybridized carbons (Fsp3) is 0.0625. The molecule has 0 aliphatic rings. The van der Waals surface area contributed by atoms with Crippen molar-refractivity contribution in [1.29, 1.82) is 0 Å². The number of benzene rings is 1. The van der Waals surface area contributed by atoms with E-state index in [-0.39, 0.29) is 5.56 Å². The maximum absolute atomic E-state index is 12.3. The Morgan fingerprint density at radius 1 is 1.14 bits per heavy atom. The highest BCUT2D eigenvalue weighted by Crippen LogP contribution is 2.27. The van der Waals surface area contributed by atoms with Crippen LogP contribution in [-0.2, 0) is 0 Å². The van der Waals surface area contributed by atoms with E-state index in [1.54, 1.807) is 12.3 Å². The summed E-state index contributed by atoms with van der Waals surface area (Å²) >= 11 is 0. The van der Waals surface area contributed by atoms with Crippen LogP contribution in [0.5, 0.6) is 0 Å². The zero-order valence-electron chi connectivity index (χ0n) is 11.9. The first kappa shape index (κ1) is 12.6. The molecule has 0 amide bonds. The molecule has 0 fully saturated rings. The van der Waals surface area contributed by atoms with Crippen molar-refractivity contribution >= 4 is 5.65 Å². The molecule has 0 aliphatic carbocycles. The minimum atomic E-state index is -0.153. The van der Waals surface area contributed by atoms with Gasteiger partial charge < -0.3 is 0 Å². The monoisotopic (exact) mass is 291 g/mol. The molecule has 0 saturated heterocycles. The molecule has 0 aliphatic heterocycles. The van der Waals surface area contributed by atoms with E-state index < -0.39 is 0 Å². The summed E-state index contributed by atoms with van der Waals surface area (Å²) in [5, 5.41) is 9.84. The molecule has 2 N–H and O–H groups in total. The third-order valence-corrected chi connectivity index (χ3v) is 3.64. The first-order chi connectivity index (χ1) is 10.7. The number of fused-ring (bicyclic) bond motifs is 1. The van der Waals surface area contributed by atoms with E-state index in [1.165, 1.54) is 10.6 Å². The number of aryl methyl sites for hydroxylation is 1. The molecular formula is C16H13N5O. The number of aromatic nitrogens is 5. The molecule has 1 aromatic carbocycles. The molecule has 3 heterocycles. The van der Waals surface area contributed by atoms with Crippen molar-refractivity contribution in [3.63, 3.8) is 0 Å². The topological polar surface area (TPSA) is 78.8 Å². The Morgan fingerprint density at radius 2 is 1.95 bits per heavy atom. The maximum atomic E-state index is 12.3. The number of nitrogens with zero attached hydrogens (tertiary/aromatic N) is 3. The molecule has 0 radical (unpaired) electrons. The van der Waals surface area contributed by atoms with Crippen LogP contribution < -0.4 is 5.56 Å². The second kappa shape index (κ2) is 4.70. The summed E-state index contributed by atoms with van der Waals surface area (Å²) in [5.74, 6) is 0. The number of rotatable bonds is 2. The van der Waals surface area contributed by atoms with Crippen molar-refractivity contribution in [3.05, 3.63) is 64.7 Å². The van der Waals surface area contributed by atoms with Gasteiger partial charge in [-0.1, -0.05) is 30.3 Å². The Bertz CT molecular complexity index is 996. The summed E-state index contributed by atoms with van der Waals surface area (Å²) in [5.41, 5.74) is 4.61. The van der Waals surface area contributed by atoms with Crippen molar-refractivity contribution in [2.45, 2.75) is 6.92 Å². The van der Waals surface area contributed by atoms with Crippen LogP contribution in [0, 0.1) is 6.92 Å². The van der Waals surface area contributed by atoms with E-state index in [0.29, 0.717) is 11.3 Å². The smallest absolute Gasteiger partial charge is 0.273 e. The Balaban J connectivity index is 2.06. The summed E-state index contributed by atoms with van der Waals surface area (Å²) in [6.45, 7) is 1.94. The molecular weight excluding hydrogens is 278 g/mol. The highest BCUT2D eigenvalue weighted by molar-refractivity contribution is 5.80. The van der Waals surface area contributed by atoms with Gasteiger partial charge >= 0.3 is 0 Å². The van der Waals surface area contributed by atoms with E-state index in [2.05, 4.69) is 20.3 Å². The molecule has 0 atom stereocenters. The predicted molar refractivity (Wildman–Crippen MR) is 83.6 cm³/mol. The molecule has 3 aromatic heterocycles. The van der Waals surface area contributed by atoms with Crippen molar-refractivity contribution in [1.82, 2.24) is 24.8 Å². The van der Waals surface area contributed by atoms with Gasteiger partial charge in [-0.3, -0.25) is 15.0 Å². The third kappa shape index (κ3) is 1.85. The quantitative estimate of drug-likeness (QED) is 0.595. The lowest BCUT2D eigenvalue weighted by Gasteiger charge is -2.02. The SMILES string of the molecule is Cc1[nH]n2c(=O)cc(-c3ccn[nH]3)nc2c1-c1ccccc1. The van der Waals surface area contributed by atoms with Crippen LogP contribution in [0.1, 0.15) is 5.69 Å². The second-order valence-electron chi connectivity index (χ2n) is 5.09. The van der Waals surface area contributed by atoms with Gasteiger partial charge in [-0.05, 0) is 18.6 Å². The summed E-state index contributed by atoms with van der Waals surface area (Å²) in [6, 6.07) is 13.2. The van der Waals surface area contributed by atoms with Crippen LogP contribution in [0.3, 0.4) is 0 Å².